The van der Waals surface area contributed by atoms with Crippen LogP contribution in [-0.2, 0) is 6.54 Å². The molecule has 0 saturated carbocycles. The number of nitrogens with two attached hydrogens (primary N) is 1. The first kappa shape index (κ1) is 14.8. The van der Waals surface area contributed by atoms with E-state index in [1.165, 1.54) is 0 Å². The predicted molar refractivity (Wildman–Crippen MR) is 79.2 cm³/mol. The molecule has 5 heteroatoms. The Kier molecular flexibility index (Phi) is 4.98. The van der Waals surface area contributed by atoms with Gasteiger partial charge in [0, 0.05) is 24.3 Å². The quantitative estimate of drug-likeness (QED) is 0.844. The van der Waals surface area contributed by atoms with Gasteiger partial charge >= 0.3 is 0 Å². The Morgan fingerprint density at radius 2 is 2.25 bits per heavy atom. The molecule has 0 fully saturated rings. The van der Waals surface area contributed by atoms with Crippen LogP contribution in [0.25, 0.3) is 0 Å². The molecule has 2 aromatic heterocycles. The highest BCUT2D eigenvalue weighted by Crippen LogP contribution is 2.22. The van der Waals surface area contributed by atoms with Crippen LogP contribution in [0.1, 0.15) is 44.2 Å². The van der Waals surface area contributed by atoms with Crippen LogP contribution in [0, 0.1) is 0 Å². The largest absolute Gasteiger partial charge is 0.468 e. The van der Waals surface area contributed by atoms with Crippen molar-refractivity contribution >= 4 is 0 Å². The van der Waals surface area contributed by atoms with Gasteiger partial charge < -0.3 is 10.2 Å². The summed E-state index contributed by atoms with van der Waals surface area (Å²) in [4.78, 5) is 2.31. The minimum Gasteiger partial charge on any atom is -0.468 e. The van der Waals surface area contributed by atoms with Crippen molar-refractivity contribution in [3.8, 4) is 0 Å². The first-order valence-corrected chi connectivity index (χ1v) is 7.16. The number of hydrogen-bond acceptors (Lipinski definition) is 4. The Hall–Kier alpha value is -1.59. The summed E-state index contributed by atoms with van der Waals surface area (Å²) < 4.78 is 7.41. The second-order valence-electron chi connectivity index (χ2n) is 5.24. The standard InChI is InChI=1S/C15H24N4O/c1-4-18(11-14-6-5-7-20-14)15(8-16)13-9-17-19(10-13)12(2)3/h5-7,9-10,12,15H,4,8,11,16H2,1-3H3. The first-order valence-electron chi connectivity index (χ1n) is 7.16. The van der Waals surface area contributed by atoms with Crippen LogP contribution in [0.2, 0.25) is 0 Å². The third-order valence-electron chi connectivity index (χ3n) is 3.54. The van der Waals surface area contributed by atoms with Crippen molar-refractivity contribution in [1.82, 2.24) is 14.7 Å². The molecule has 0 aliphatic rings. The van der Waals surface area contributed by atoms with Crippen molar-refractivity contribution in [3.63, 3.8) is 0 Å². The number of furan rings is 1. The summed E-state index contributed by atoms with van der Waals surface area (Å²) in [5, 5.41) is 4.41. The van der Waals surface area contributed by atoms with Crippen LogP contribution in [0.15, 0.2) is 35.2 Å². The maximum absolute atomic E-state index is 5.99. The average molecular weight is 276 g/mol. The normalized spacial score (nSPS) is 13.3. The third-order valence-corrected chi connectivity index (χ3v) is 3.54. The molecule has 0 saturated heterocycles. The number of likely N-dealkylation sites (N-methyl/N-ethyl adjacent to an activating group) is 1. The minimum atomic E-state index is 0.164. The molecule has 0 aliphatic heterocycles. The van der Waals surface area contributed by atoms with E-state index in [0.29, 0.717) is 12.6 Å². The number of aromatic nitrogens is 2. The van der Waals surface area contributed by atoms with Gasteiger partial charge in [-0.2, -0.15) is 5.10 Å². The molecular formula is C15H24N4O. The van der Waals surface area contributed by atoms with Crippen molar-refractivity contribution in [2.75, 3.05) is 13.1 Å². The molecule has 5 nitrogen and oxygen atoms in total. The molecule has 0 bridgehead atoms. The fourth-order valence-corrected chi connectivity index (χ4v) is 2.35. The number of hydrogen-bond donors (Lipinski definition) is 1. The van der Waals surface area contributed by atoms with E-state index in [2.05, 4.69) is 37.0 Å². The molecule has 1 unspecified atom stereocenters. The summed E-state index contributed by atoms with van der Waals surface area (Å²) >= 11 is 0. The van der Waals surface area contributed by atoms with Crippen LogP contribution >= 0.6 is 0 Å². The lowest BCUT2D eigenvalue weighted by Crippen LogP contribution is -2.33. The maximum atomic E-state index is 5.99. The van der Waals surface area contributed by atoms with E-state index in [4.69, 9.17) is 10.2 Å². The van der Waals surface area contributed by atoms with Gasteiger partial charge in [-0.15, -0.1) is 0 Å². The lowest BCUT2D eigenvalue weighted by molar-refractivity contribution is 0.188. The Bertz CT molecular complexity index is 504. The molecule has 0 spiro atoms. The summed E-state index contributed by atoms with van der Waals surface area (Å²) in [5.41, 5.74) is 7.15. The average Bonchev–Trinajstić information content (AvgIpc) is 3.09. The van der Waals surface area contributed by atoms with Gasteiger partial charge in [-0.3, -0.25) is 9.58 Å². The molecule has 20 heavy (non-hydrogen) atoms. The molecule has 0 aliphatic carbocycles. The van der Waals surface area contributed by atoms with E-state index < -0.39 is 0 Å². The maximum Gasteiger partial charge on any atom is 0.117 e. The molecule has 2 aromatic rings. The Morgan fingerprint density at radius 3 is 2.75 bits per heavy atom. The second kappa shape index (κ2) is 6.72. The lowest BCUT2D eigenvalue weighted by atomic mass is 10.1. The Labute approximate surface area is 120 Å². The zero-order chi connectivity index (χ0) is 14.5. The van der Waals surface area contributed by atoms with Crippen LogP contribution in [0.4, 0.5) is 0 Å². The summed E-state index contributed by atoms with van der Waals surface area (Å²) in [6.07, 6.45) is 5.72. The monoisotopic (exact) mass is 276 g/mol. The van der Waals surface area contributed by atoms with E-state index >= 15 is 0 Å². The third kappa shape index (κ3) is 3.29. The van der Waals surface area contributed by atoms with Gasteiger partial charge in [-0.05, 0) is 32.5 Å². The van der Waals surface area contributed by atoms with Gasteiger partial charge in [0.05, 0.1) is 25.0 Å². The summed E-state index contributed by atoms with van der Waals surface area (Å²) in [6.45, 7) is 8.62. The van der Waals surface area contributed by atoms with Gasteiger partial charge in [-0.25, -0.2) is 0 Å². The lowest BCUT2D eigenvalue weighted by Gasteiger charge is -2.28. The second-order valence-corrected chi connectivity index (χ2v) is 5.24. The van der Waals surface area contributed by atoms with Crippen molar-refractivity contribution in [2.45, 2.75) is 39.4 Å². The fourth-order valence-electron chi connectivity index (χ4n) is 2.35. The van der Waals surface area contributed by atoms with Gasteiger partial charge in [0.2, 0.25) is 0 Å². The topological polar surface area (TPSA) is 60.2 Å². The van der Waals surface area contributed by atoms with E-state index in [1.54, 1.807) is 6.26 Å². The van der Waals surface area contributed by atoms with E-state index in [0.717, 1.165) is 24.4 Å². The van der Waals surface area contributed by atoms with E-state index in [1.807, 2.05) is 23.0 Å². The fraction of sp³-hybridized carbons (Fsp3) is 0.533. The van der Waals surface area contributed by atoms with E-state index in [-0.39, 0.29) is 6.04 Å². The van der Waals surface area contributed by atoms with Crippen LogP contribution < -0.4 is 5.73 Å². The van der Waals surface area contributed by atoms with Crippen molar-refractivity contribution in [2.24, 2.45) is 5.73 Å². The van der Waals surface area contributed by atoms with Crippen LogP contribution in [0.5, 0.6) is 0 Å². The zero-order valence-corrected chi connectivity index (χ0v) is 12.5. The summed E-state index contributed by atoms with van der Waals surface area (Å²) in [7, 11) is 0. The van der Waals surface area contributed by atoms with Gasteiger partial charge in [0.15, 0.2) is 0 Å². The predicted octanol–water partition coefficient (Wildman–Crippen LogP) is 2.58. The van der Waals surface area contributed by atoms with Gasteiger partial charge in [-0.1, -0.05) is 6.92 Å². The highest BCUT2D eigenvalue weighted by atomic mass is 16.3. The van der Waals surface area contributed by atoms with E-state index in [9.17, 15) is 0 Å². The van der Waals surface area contributed by atoms with Gasteiger partial charge in [0.1, 0.15) is 5.76 Å². The minimum absolute atomic E-state index is 0.164. The SMILES string of the molecule is CCN(Cc1ccco1)C(CN)c1cnn(C(C)C)c1. The Morgan fingerprint density at radius 1 is 1.45 bits per heavy atom. The van der Waals surface area contributed by atoms with Crippen molar-refractivity contribution in [3.05, 3.63) is 42.1 Å². The number of nitrogens with zero attached hydrogens (tertiary/aromatic N) is 3. The van der Waals surface area contributed by atoms with Crippen molar-refractivity contribution < 1.29 is 4.42 Å². The Balaban J connectivity index is 2.15. The molecule has 2 rings (SSSR count). The molecule has 2 N–H and O–H groups in total. The molecule has 110 valence electrons. The van der Waals surface area contributed by atoms with Gasteiger partial charge in [0.25, 0.3) is 0 Å². The molecule has 0 amide bonds. The van der Waals surface area contributed by atoms with Crippen LogP contribution in [-0.4, -0.2) is 27.8 Å². The highest BCUT2D eigenvalue weighted by Gasteiger charge is 2.20. The molecular weight excluding hydrogens is 252 g/mol. The molecule has 2 heterocycles. The first-order chi connectivity index (χ1) is 9.65. The smallest absolute Gasteiger partial charge is 0.117 e. The highest BCUT2D eigenvalue weighted by molar-refractivity contribution is 5.12. The number of rotatable bonds is 7. The summed E-state index contributed by atoms with van der Waals surface area (Å²) in [6, 6.07) is 4.44. The molecule has 0 radical (unpaired) electrons. The summed E-state index contributed by atoms with van der Waals surface area (Å²) in [5.74, 6) is 0.960. The van der Waals surface area contributed by atoms with Crippen LogP contribution in [0.3, 0.4) is 0 Å². The molecule has 1 atom stereocenters. The zero-order valence-electron chi connectivity index (χ0n) is 12.5. The van der Waals surface area contributed by atoms with Crippen molar-refractivity contribution in [1.29, 1.82) is 0 Å². The molecule has 0 aromatic carbocycles.